The van der Waals surface area contributed by atoms with Gasteiger partial charge in [0.05, 0.1) is 6.54 Å². The van der Waals surface area contributed by atoms with E-state index in [9.17, 15) is 0 Å². The van der Waals surface area contributed by atoms with Gasteiger partial charge in [0, 0.05) is 21.5 Å². The predicted octanol–water partition coefficient (Wildman–Crippen LogP) is 3.51. The van der Waals surface area contributed by atoms with Crippen LogP contribution < -0.4 is 5.32 Å². The molecular weight excluding hydrogens is 239 g/mol. The second kappa shape index (κ2) is 4.43. The molecule has 1 aliphatic rings. The summed E-state index contributed by atoms with van der Waals surface area (Å²) in [5.74, 6) is 1.04. The van der Waals surface area contributed by atoms with Crippen LogP contribution in [0.2, 0.25) is 10.0 Å². The van der Waals surface area contributed by atoms with E-state index in [1.807, 2.05) is 12.1 Å². The number of rotatable bonds is 1. The van der Waals surface area contributed by atoms with E-state index < -0.39 is 0 Å². The molecule has 14 heavy (non-hydrogen) atoms. The zero-order valence-corrected chi connectivity index (χ0v) is 9.59. The Hall–Kier alpha value is -0.380. The number of nitrogens with one attached hydrogen (secondary N) is 1. The molecule has 0 saturated heterocycles. The summed E-state index contributed by atoms with van der Waals surface area (Å²) in [6.45, 7) is 0.876. The van der Waals surface area contributed by atoms with E-state index in [0.29, 0.717) is 10.0 Å². The fraction of sp³-hybridized carbons (Fsp3) is 0.222. The molecule has 1 heterocycles. The highest BCUT2D eigenvalue weighted by molar-refractivity contribution is 8.14. The van der Waals surface area contributed by atoms with E-state index in [0.717, 1.165) is 23.2 Å². The minimum atomic E-state index is 0.628. The van der Waals surface area contributed by atoms with Crippen molar-refractivity contribution in [3.8, 4) is 0 Å². The second-order valence-corrected chi connectivity index (χ2v) is 4.77. The van der Waals surface area contributed by atoms with Crippen LogP contribution in [0.25, 0.3) is 0 Å². The van der Waals surface area contributed by atoms with Crippen LogP contribution in [-0.4, -0.2) is 17.5 Å². The molecule has 1 aromatic rings. The van der Waals surface area contributed by atoms with Crippen molar-refractivity contribution < 1.29 is 0 Å². The Morgan fingerprint density at radius 3 is 2.50 bits per heavy atom. The van der Waals surface area contributed by atoms with Crippen LogP contribution in [0.15, 0.2) is 23.2 Å². The molecule has 0 amide bonds. The smallest absolute Gasteiger partial charge is 0.161 e. The standard InChI is InChI=1S/C9H8Cl2N2S/c10-6-3-7(11)5-8(4-6)13-9-12-1-2-14-9/h3-5H,1-2H2,(H,12,13). The monoisotopic (exact) mass is 246 g/mol. The van der Waals surface area contributed by atoms with Gasteiger partial charge in [0.25, 0.3) is 0 Å². The number of anilines is 1. The summed E-state index contributed by atoms with van der Waals surface area (Å²) in [5.41, 5.74) is 0.885. The maximum atomic E-state index is 5.86. The van der Waals surface area contributed by atoms with Crippen LogP contribution in [0.5, 0.6) is 0 Å². The minimum absolute atomic E-state index is 0.628. The Bertz CT molecular complexity index is 359. The largest absolute Gasteiger partial charge is 0.335 e. The molecule has 0 aromatic heterocycles. The molecule has 1 aromatic carbocycles. The van der Waals surface area contributed by atoms with E-state index in [-0.39, 0.29) is 0 Å². The van der Waals surface area contributed by atoms with Gasteiger partial charge in [-0.3, -0.25) is 4.99 Å². The fourth-order valence-corrected chi connectivity index (χ4v) is 2.43. The quantitative estimate of drug-likeness (QED) is 0.821. The Morgan fingerprint density at radius 1 is 1.21 bits per heavy atom. The lowest BCUT2D eigenvalue weighted by Gasteiger charge is -2.05. The van der Waals surface area contributed by atoms with Crippen molar-refractivity contribution in [2.75, 3.05) is 17.6 Å². The lowest BCUT2D eigenvalue weighted by Crippen LogP contribution is -2.04. The van der Waals surface area contributed by atoms with Crippen LogP contribution in [0.1, 0.15) is 0 Å². The summed E-state index contributed by atoms with van der Waals surface area (Å²) in [6.07, 6.45) is 0. The number of halogens is 2. The number of aliphatic imine (C=N–C) groups is 1. The van der Waals surface area contributed by atoms with Crippen LogP contribution >= 0.6 is 35.0 Å². The lowest BCUT2D eigenvalue weighted by molar-refractivity contribution is 1.17. The number of hydrogen-bond acceptors (Lipinski definition) is 3. The lowest BCUT2D eigenvalue weighted by atomic mass is 10.3. The molecule has 1 N–H and O–H groups in total. The van der Waals surface area contributed by atoms with Gasteiger partial charge in [0.1, 0.15) is 0 Å². The molecule has 74 valence electrons. The van der Waals surface area contributed by atoms with E-state index in [1.165, 1.54) is 0 Å². The third-order valence-corrected chi connectivity index (χ3v) is 3.03. The molecule has 0 unspecified atom stereocenters. The summed E-state index contributed by atoms with van der Waals surface area (Å²) >= 11 is 13.4. The SMILES string of the molecule is Clc1cc(Cl)cc(NC2=NCCS2)c1. The van der Waals surface area contributed by atoms with Gasteiger partial charge >= 0.3 is 0 Å². The molecule has 5 heteroatoms. The number of benzene rings is 1. The first-order valence-corrected chi connectivity index (χ1v) is 5.88. The number of thioether (sulfide) groups is 1. The fourth-order valence-electron chi connectivity index (χ4n) is 1.16. The predicted molar refractivity (Wildman–Crippen MR) is 64.8 cm³/mol. The average Bonchev–Trinajstić information content (AvgIpc) is 2.54. The Labute approximate surface area is 96.7 Å². The molecule has 2 nitrogen and oxygen atoms in total. The van der Waals surface area contributed by atoms with Crippen molar-refractivity contribution in [1.82, 2.24) is 0 Å². The van der Waals surface area contributed by atoms with E-state index in [1.54, 1.807) is 17.8 Å². The Morgan fingerprint density at radius 2 is 1.93 bits per heavy atom. The van der Waals surface area contributed by atoms with Gasteiger partial charge in [-0.25, -0.2) is 0 Å². The molecule has 2 rings (SSSR count). The first-order chi connectivity index (χ1) is 6.74. The summed E-state index contributed by atoms with van der Waals surface area (Å²) in [6, 6.07) is 5.36. The zero-order valence-electron chi connectivity index (χ0n) is 7.26. The zero-order chi connectivity index (χ0) is 9.97. The first kappa shape index (κ1) is 10.1. The minimum Gasteiger partial charge on any atom is -0.335 e. The molecule has 0 spiro atoms. The van der Waals surface area contributed by atoms with Crippen LogP contribution in [0.3, 0.4) is 0 Å². The first-order valence-electron chi connectivity index (χ1n) is 4.14. The maximum absolute atomic E-state index is 5.86. The number of amidine groups is 1. The van der Waals surface area contributed by atoms with Crippen LogP contribution in [-0.2, 0) is 0 Å². The molecule has 0 bridgehead atoms. The van der Waals surface area contributed by atoms with Crippen molar-refractivity contribution in [3.05, 3.63) is 28.2 Å². The second-order valence-electron chi connectivity index (χ2n) is 2.82. The Kier molecular flexibility index (Phi) is 3.21. The molecular formula is C9H8Cl2N2S. The highest BCUT2D eigenvalue weighted by Gasteiger charge is 2.07. The third kappa shape index (κ3) is 2.56. The molecule has 0 aliphatic carbocycles. The van der Waals surface area contributed by atoms with Gasteiger partial charge in [-0.15, -0.1) is 0 Å². The summed E-state index contributed by atoms with van der Waals surface area (Å²) in [4.78, 5) is 4.27. The molecule has 0 radical (unpaired) electrons. The maximum Gasteiger partial charge on any atom is 0.161 e. The summed E-state index contributed by atoms with van der Waals surface area (Å²) < 4.78 is 0. The average molecular weight is 247 g/mol. The molecule has 0 saturated carbocycles. The molecule has 1 aliphatic heterocycles. The van der Waals surface area contributed by atoms with Crippen molar-refractivity contribution >= 4 is 45.8 Å². The van der Waals surface area contributed by atoms with Gasteiger partial charge < -0.3 is 5.32 Å². The van der Waals surface area contributed by atoms with E-state index in [4.69, 9.17) is 23.2 Å². The topological polar surface area (TPSA) is 24.4 Å². The van der Waals surface area contributed by atoms with Gasteiger partial charge in [0.2, 0.25) is 0 Å². The third-order valence-electron chi connectivity index (χ3n) is 1.70. The Balaban J connectivity index is 2.15. The van der Waals surface area contributed by atoms with Gasteiger partial charge in [-0.1, -0.05) is 35.0 Å². The number of nitrogens with zero attached hydrogens (tertiary/aromatic N) is 1. The van der Waals surface area contributed by atoms with Gasteiger partial charge in [-0.2, -0.15) is 0 Å². The van der Waals surface area contributed by atoms with E-state index >= 15 is 0 Å². The van der Waals surface area contributed by atoms with Crippen LogP contribution in [0.4, 0.5) is 5.69 Å². The van der Waals surface area contributed by atoms with Gasteiger partial charge in [0.15, 0.2) is 5.17 Å². The van der Waals surface area contributed by atoms with Crippen molar-refractivity contribution in [2.24, 2.45) is 4.99 Å². The van der Waals surface area contributed by atoms with Gasteiger partial charge in [-0.05, 0) is 18.2 Å². The van der Waals surface area contributed by atoms with Crippen molar-refractivity contribution in [1.29, 1.82) is 0 Å². The molecule has 0 fully saturated rings. The normalized spacial score (nSPS) is 15.4. The highest BCUT2D eigenvalue weighted by atomic mass is 35.5. The summed E-state index contributed by atoms with van der Waals surface area (Å²) in [5, 5.41) is 5.36. The van der Waals surface area contributed by atoms with Crippen molar-refractivity contribution in [2.45, 2.75) is 0 Å². The van der Waals surface area contributed by atoms with Crippen molar-refractivity contribution in [3.63, 3.8) is 0 Å². The molecule has 0 atom stereocenters. The van der Waals surface area contributed by atoms with Crippen LogP contribution in [0, 0.1) is 0 Å². The van der Waals surface area contributed by atoms with E-state index in [2.05, 4.69) is 10.3 Å². The number of hydrogen-bond donors (Lipinski definition) is 1. The summed E-state index contributed by atoms with van der Waals surface area (Å²) in [7, 11) is 0. The highest BCUT2D eigenvalue weighted by Crippen LogP contribution is 2.24.